The highest BCUT2D eigenvalue weighted by molar-refractivity contribution is 7.89. The van der Waals surface area contributed by atoms with Crippen LogP contribution in [0.5, 0.6) is 0 Å². The Morgan fingerprint density at radius 3 is 2.39 bits per heavy atom. The Hall–Kier alpha value is -2.32. The fourth-order valence-electron chi connectivity index (χ4n) is 3.90. The lowest BCUT2D eigenvalue weighted by Gasteiger charge is -2.29. The van der Waals surface area contributed by atoms with Gasteiger partial charge in [0.05, 0.1) is 18.3 Å². The molecule has 2 atom stereocenters. The number of nitrogens with one attached hydrogen (secondary N) is 1. The zero-order chi connectivity index (χ0) is 22.8. The predicted molar refractivity (Wildman–Crippen MR) is 117 cm³/mol. The molecule has 1 aliphatic rings. The molecule has 1 saturated heterocycles. The molecule has 0 aromatic heterocycles. The maximum atomic E-state index is 14.9. The molecular weight excluding hydrogens is 422 g/mol. The number of hydrogen-bond acceptors (Lipinski definition) is 3. The number of carbonyl (C=O) groups excluding carboxylic acids is 1. The summed E-state index contributed by atoms with van der Waals surface area (Å²) in [6, 6.07) is 14.5. The number of amides is 1. The van der Waals surface area contributed by atoms with Crippen LogP contribution >= 0.6 is 0 Å². The van der Waals surface area contributed by atoms with Crippen molar-refractivity contribution in [1.29, 1.82) is 0 Å². The molecule has 0 radical (unpaired) electrons. The SMILES string of the molecule is CCS(=O)(=O)N[C@@H]1[C@H](Cc2cccc(-c3ccccc3)c2)N(C(=O)C(C)C)CC1(F)F. The summed E-state index contributed by atoms with van der Waals surface area (Å²) in [5, 5.41) is 0. The van der Waals surface area contributed by atoms with Crippen molar-refractivity contribution in [2.45, 2.75) is 45.2 Å². The van der Waals surface area contributed by atoms with Crippen LogP contribution < -0.4 is 4.72 Å². The third-order valence-corrected chi connectivity index (χ3v) is 6.94. The van der Waals surface area contributed by atoms with E-state index in [1.54, 1.807) is 13.8 Å². The van der Waals surface area contributed by atoms with Gasteiger partial charge in [0.2, 0.25) is 15.9 Å². The predicted octanol–water partition coefficient (Wildman–Crippen LogP) is 3.71. The number of alkyl halides is 2. The van der Waals surface area contributed by atoms with E-state index in [0.717, 1.165) is 21.6 Å². The van der Waals surface area contributed by atoms with Crippen LogP contribution in [-0.2, 0) is 21.2 Å². The number of halogens is 2. The van der Waals surface area contributed by atoms with Crippen LogP contribution in [0.2, 0.25) is 0 Å². The number of hydrogen-bond donors (Lipinski definition) is 1. The summed E-state index contributed by atoms with van der Waals surface area (Å²) in [5.74, 6) is -4.57. The first-order chi connectivity index (χ1) is 14.5. The van der Waals surface area contributed by atoms with Gasteiger partial charge in [0.25, 0.3) is 5.92 Å². The average molecular weight is 451 g/mol. The minimum Gasteiger partial charge on any atom is -0.331 e. The van der Waals surface area contributed by atoms with E-state index in [9.17, 15) is 22.0 Å². The zero-order valence-corrected chi connectivity index (χ0v) is 18.7. The Bertz CT molecular complexity index is 1030. The van der Waals surface area contributed by atoms with Crippen LogP contribution in [0.4, 0.5) is 8.78 Å². The fourth-order valence-corrected chi connectivity index (χ4v) is 4.78. The summed E-state index contributed by atoms with van der Waals surface area (Å²) >= 11 is 0. The largest absolute Gasteiger partial charge is 0.331 e. The van der Waals surface area contributed by atoms with Crippen molar-refractivity contribution in [1.82, 2.24) is 9.62 Å². The van der Waals surface area contributed by atoms with Gasteiger partial charge < -0.3 is 4.90 Å². The fraction of sp³-hybridized carbons (Fsp3) is 0.435. The van der Waals surface area contributed by atoms with Gasteiger partial charge in [-0.2, -0.15) is 0 Å². The molecule has 0 spiro atoms. The molecule has 1 aliphatic heterocycles. The first-order valence-corrected chi connectivity index (χ1v) is 12.0. The summed E-state index contributed by atoms with van der Waals surface area (Å²) in [6.45, 7) is 3.89. The minimum atomic E-state index is -3.89. The Labute approximate surface area is 182 Å². The zero-order valence-electron chi connectivity index (χ0n) is 17.9. The number of likely N-dealkylation sites (tertiary alicyclic amines) is 1. The minimum absolute atomic E-state index is 0.117. The molecule has 5 nitrogen and oxygen atoms in total. The summed E-state index contributed by atoms with van der Waals surface area (Å²) in [7, 11) is -3.89. The van der Waals surface area contributed by atoms with E-state index >= 15 is 0 Å². The van der Waals surface area contributed by atoms with Crippen LogP contribution in [0, 0.1) is 5.92 Å². The van der Waals surface area contributed by atoms with Gasteiger partial charge in [-0.3, -0.25) is 4.79 Å². The van der Waals surface area contributed by atoms with E-state index in [0.29, 0.717) is 0 Å². The van der Waals surface area contributed by atoms with Crippen molar-refractivity contribution in [2.75, 3.05) is 12.3 Å². The monoisotopic (exact) mass is 450 g/mol. The average Bonchev–Trinajstić information content (AvgIpc) is 2.98. The normalized spacial score (nSPS) is 20.9. The highest BCUT2D eigenvalue weighted by Crippen LogP contribution is 2.36. The second-order valence-electron chi connectivity index (χ2n) is 8.22. The quantitative estimate of drug-likeness (QED) is 0.700. The van der Waals surface area contributed by atoms with E-state index in [1.165, 1.54) is 6.92 Å². The molecule has 0 unspecified atom stereocenters. The van der Waals surface area contributed by atoms with Gasteiger partial charge in [-0.05, 0) is 30.0 Å². The maximum Gasteiger partial charge on any atom is 0.283 e. The van der Waals surface area contributed by atoms with Crippen molar-refractivity contribution >= 4 is 15.9 Å². The maximum absolute atomic E-state index is 14.9. The Balaban J connectivity index is 1.98. The number of carbonyl (C=O) groups is 1. The summed E-state index contributed by atoms with van der Waals surface area (Å²) in [6.07, 6.45) is 0.117. The van der Waals surface area contributed by atoms with Gasteiger partial charge in [0, 0.05) is 5.92 Å². The Morgan fingerprint density at radius 1 is 1.13 bits per heavy atom. The molecule has 0 saturated carbocycles. The molecule has 8 heteroatoms. The van der Waals surface area contributed by atoms with Crippen LogP contribution in [-0.4, -0.2) is 49.5 Å². The summed E-state index contributed by atoms with van der Waals surface area (Å²) in [5.41, 5.74) is 2.67. The topological polar surface area (TPSA) is 66.5 Å². The van der Waals surface area contributed by atoms with Crippen molar-refractivity contribution in [2.24, 2.45) is 5.92 Å². The van der Waals surface area contributed by atoms with E-state index in [1.807, 2.05) is 54.6 Å². The van der Waals surface area contributed by atoms with E-state index in [-0.39, 0.29) is 12.2 Å². The Kier molecular flexibility index (Phi) is 6.81. The molecule has 1 fully saturated rings. The van der Waals surface area contributed by atoms with Crippen LogP contribution in [0.3, 0.4) is 0 Å². The number of sulfonamides is 1. The Morgan fingerprint density at radius 2 is 1.77 bits per heavy atom. The summed E-state index contributed by atoms with van der Waals surface area (Å²) in [4.78, 5) is 13.9. The van der Waals surface area contributed by atoms with Crippen LogP contribution in [0.15, 0.2) is 54.6 Å². The summed E-state index contributed by atoms with van der Waals surface area (Å²) < 4.78 is 56.3. The highest BCUT2D eigenvalue weighted by atomic mass is 32.2. The van der Waals surface area contributed by atoms with Gasteiger partial charge in [-0.1, -0.05) is 68.4 Å². The number of rotatable bonds is 7. The first-order valence-electron chi connectivity index (χ1n) is 10.4. The first kappa shape index (κ1) is 23.3. The van der Waals surface area contributed by atoms with Crippen LogP contribution in [0.25, 0.3) is 11.1 Å². The van der Waals surface area contributed by atoms with Crippen molar-refractivity contribution in [3.63, 3.8) is 0 Å². The van der Waals surface area contributed by atoms with E-state index < -0.39 is 46.4 Å². The second kappa shape index (κ2) is 9.04. The van der Waals surface area contributed by atoms with Gasteiger partial charge in [0.15, 0.2) is 0 Å². The van der Waals surface area contributed by atoms with Gasteiger partial charge >= 0.3 is 0 Å². The molecule has 1 amide bonds. The second-order valence-corrected chi connectivity index (χ2v) is 10.3. The van der Waals surface area contributed by atoms with Crippen molar-refractivity contribution < 1.29 is 22.0 Å². The third-order valence-electron chi connectivity index (χ3n) is 5.56. The molecule has 31 heavy (non-hydrogen) atoms. The van der Waals surface area contributed by atoms with Gasteiger partial charge in [-0.15, -0.1) is 0 Å². The molecule has 0 aliphatic carbocycles. The molecule has 1 heterocycles. The van der Waals surface area contributed by atoms with Crippen LogP contribution in [0.1, 0.15) is 26.3 Å². The molecule has 0 bridgehead atoms. The van der Waals surface area contributed by atoms with Crippen molar-refractivity contribution in [3.05, 3.63) is 60.2 Å². The van der Waals surface area contributed by atoms with Gasteiger partial charge in [-0.25, -0.2) is 21.9 Å². The van der Waals surface area contributed by atoms with E-state index in [2.05, 4.69) is 4.72 Å². The highest BCUT2D eigenvalue weighted by Gasteiger charge is 2.57. The van der Waals surface area contributed by atoms with Crippen molar-refractivity contribution in [3.8, 4) is 11.1 Å². The van der Waals surface area contributed by atoms with E-state index in [4.69, 9.17) is 0 Å². The molecule has 1 N–H and O–H groups in total. The number of nitrogens with zero attached hydrogens (tertiary/aromatic N) is 1. The lowest BCUT2D eigenvalue weighted by atomic mass is 9.96. The molecular formula is C23H28F2N2O3S. The molecule has 3 rings (SSSR count). The molecule has 2 aromatic carbocycles. The standard InChI is InChI=1S/C23H28F2N2O3S/c1-4-31(29,30)26-21-20(27(15-23(21,24)25)22(28)16(2)3)14-17-9-8-12-19(13-17)18-10-6-5-7-11-18/h5-13,16,20-21,26H,4,14-15H2,1-3H3/t20-,21+/m0/s1. The number of benzene rings is 2. The van der Waals surface area contributed by atoms with Gasteiger partial charge in [0.1, 0.15) is 6.04 Å². The smallest absolute Gasteiger partial charge is 0.283 e. The third kappa shape index (κ3) is 5.30. The lowest BCUT2D eigenvalue weighted by Crippen LogP contribution is -2.53. The molecule has 2 aromatic rings. The lowest BCUT2D eigenvalue weighted by molar-refractivity contribution is -0.136. The molecule has 168 valence electrons.